The molecule has 1 aromatic carbocycles. The Kier molecular flexibility index (Phi) is 7.26. The molecular formula is C22H35IN4O. The van der Waals surface area contributed by atoms with E-state index in [9.17, 15) is 0 Å². The van der Waals surface area contributed by atoms with Crippen molar-refractivity contribution in [2.45, 2.75) is 58.3 Å². The molecule has 0 spiro atoms. The molecule has 3 atom stereocenters. The SMILES string of the molecule is CN=C(NCc1ccc(CN2CCCC2)cc1)NC1C2CCOC2C1(C)C.I. The average molecular weight is 498 g/mol. The first-order chi connectivity index (χ1) is 13.1. The van der Waals surface area contributed by atoms with Crippen LogP contribution in [0.2, 0.25) is 0 Å². The van der Waals surface area contributed by atoms with Gasteiger partial charge in [-0.05, 0) is 43.5 Å². The summed E-state index contributed by atoms with van der Waals surface area (Å²) in [4.78, 5) is 6.98. The Hall–Kier alpha value is -0.860. The minimum atomic E-state index is 0. The molecule has 2 heterocycles. The van der Waals surface area contributed by atoms with Gasteiger partial charge in [0, 0.05) is 44.1 Å². The monoisotopic (exact) mass is 498 g/mol. The lowest BCUT2D eigenvalue weighted by atomic mass is 9.57. The number of rotatable bonds is 5. The smallest absolute Gasteiger partial charge is 0.191 e. The van der Waals surface area contributed by atoms with E-state index in [1.54, 1.807) is 0 Å². The van der Waals surface area contributed by atoms with Crippen LogP contribution in [0.4, 0.5) is 0 Å². The molecule has 4 rings (SSSR count). The van der Waals surface area contributed by atoms with Gasteiger partial charge in [0.25, 0.3) is 0 Å². The van der Waals surface area contributed by atoms with Gasteiger partial charge in [0.1, 0.15) is 0 Å². The highest BCUT2D eigenvalue weighted by atomic mass is 127. The van der Waals surface area contributed by atoms with Gasteiger partial charge in [0.2, 0.25) is 0 Å². The molecule has 28 heavy (non-hydrogen) atoms. The predicted molar refractivity (Wildman–Crippen MR) is 125 cm³/mol. The molecule has 1 saturated carbocycles. The van der Waals surface area contributed by atoms with Gasteiger partial charge in [0.15, 0.2) is 5.96 Å². The van der Waals surface area contributed by atoms with Crippen LogP contribution in [0.5, 0.6) is 0 Å². The first-order valence-electron chi connectivity index (χ1n) is 10.5. The van der Waals surface area contributed by atoms with Gasteiger partial charge in [-0.1, -0.05) is 38.1 Å². The van der Waals surface area contributed by atoms with Crippen LogP contribution in [-0.2, 0) is 17.8 Å². The molecule has 2 N–H and O–H groups in total. The van der Waals surface area contributed by atoms with Crippen molar-refractivity contribution >= 4 is 29.9 Å². The zero-order chi connectivity index (χ0) is 18.9. The van der Waals surface area contributed by atoms with Crippen LogP contribution in [0.3, 0.4) is 0 Å². The van der Waals surface area contributed by atoms with Gasteiger partial charge < -0.3 is 15.4 Å². The molecule has 2 saturated heterocycles. The summed E-state index contributed by atoms with van der Waals surface area (Å²) in [5, 5.41) is 7.13. The molecule has 156 valence electrons. The van der Waals surface area contributed by atoms with Gasteiger partial charge in [-0.2, -0.15) is 0 Å². The lowest BCUT2D eigenvalue weighted by Gasteiger charge is -2.54. The topological polar surface area (TPSA) is 48.9 Å². The third-order valence-electron chi connectivity index (χ3n) is 6.70. The number of aliphatic imine (C=N–C) groups is 1. The first-order valence-corrected chi connectivity index (χ1v) is 10.5. The van der Waals surface area contributed by atoms with Crippen LogP contribution < -0.4 is 10.6 Å². The summed E-state index contributed by atoms with van der Waals surface area (Å²) < 4.78 is 5.90. The van der Waals surface area contributed by atoms with Crippen molar-refractivity contribution in [2.24, 2.45) is 16.3 Å². The Morgan fingerprint density at radius 1 is 1.18 bits per heavy atom. The molecule has 6 heteroatoms. The van der Waals surface area contributed by atoms with E-state index in [1.165, 1.54) is 37.1 Å². The molecule has 0 bridgehead atoms. The number of ether oxygens (including phenoxy) is 1. The molecule has 1 aromatic rings. The lowest BCUT2D eigenvalue weighted by Crippen LogP contribution is -2.67. The fraction of sp³-hybridized carbons (Fsp3) is 0.682. The molecule has 0 amide bonds. The minimum Gasteiger partial charge on any atom is -0.377 e. The fourth-order valence-electron chi connectivity index (χ4n) is 5.11. The predicted octanol–water partition coefficient (Wildman–Crippen LogP) is 3.38. The van der Waals surface area contributed by atoms with E-state index in [0.29, 0.717) is 18.1 Å². The van der Waals surface area contributed by atoms with Crippen molar-refractivity contribution in [3.05, 3.63) is 35.4 Å². The van der Waals surface area contributed by atoms with Crippen LogP contribution in [0, 0.1) is 11.3 Å². The summed E-state index contributed by atoms with van der Waals surface area (Å²) in [6, 6.07) is 9.43. The maximum Gasteiger partial charge on any atom is 0.191 e. The van der Waals surface area contributed by atoms with Crippen LogP contribution in [0.25, 0.3) is 0 Å². The number of likely N-dealkylation sites (tertiary alicyclic amines) is 1. The van der Waals surface area contributed by atoms with E-state index in [4.69, 9.17) is 4.74 Å². The normalized spacial score (nSPS) is 29.0. The van der Waals surface area contributed by atoms with Crippen molar-refractivity contribution in [3.8, 4) is 0 Å². The molecule has 3 aliphatic rings. The number of hydrogen-bond acceptors (Lipinski definition) is 3. The Morgan fingerprint density at radius 3 is 2.54 bits per heavy atom. The van der Waals surface area contributed by atoms with Crippen LogP contribution in [0.1, 0.15) is 44.2 Å². The summed E-state index contributed by atoms with van der Waals surface area (Å²) in [5.41, 5.74) is 2.86. The Labute approximate surface area is 186 Å². The lowest BCUT2D eigenvalue weighted by molar-refractivity contribution is -0.106. The molecule has 5 nitrogen and oxygen atoms in total. The number of benzene rings is 1. The number of halogens is 1. The molecule has 1 aliphatic carbocycles. The average Bonchev–Trinajstić information content (AvgIpc) is 3.34. The number of hydrogen-bond donors (Lipinski definition) is 2. The van der Waals surface area contributed by atoms with Gasteiger partial charge in [-0.3, -0.25) is 9.89 Å². The van der Waals surface area contributed by atoms with Crippen molar-refractivity contribution in [2.75, 3.05) is 26.7 Å². The van der Waals surface area contributed by atoms with Crippen molar-refractivity contribution in [1.29, 1.82) is 0 Å². The van der Waals surface area contributed by atoms with Crippen LogP contribution in [0.15, 0.2) is 29.3 Å². The highest BCUT2D eigenvalue weighted by Crippen LogP contribution is 2.52. The van der Waals surface area contributed by atoms with Gasteiger partial charge >= 0.3 is 0 Å². The molecule has 2 aliphatic heterocycles. The van der Waals surface area contributed by atoms with Crippen molar-refractivity contribution < 1.29 is 4.74 Å². The zero-order valence-electron chi connectivity index (χ0n) is 17.4. The van der Waals surface area contributed by atoms with Gasteiger partial charge in [-0.25, -0.2) is 0 Å². The standard InChI is InChI=1S/C22H34N4O.HI/c1-22(2)19(18-10-13-27-20(18)22)25-21(23-3)24-14-16-6-8-17(9-7-16)15-26-11-4-5-12-26;/h6-9,18-20H,4-5,10-15H2,1-3H3,(H2,23,24,25);1H. The maximum atomic E-state index is 5.90. The van der Waals surface area contributed by atoms with E-state index in [0.717, 1.165) is 32.1 Å². The van der Waals surface area contributed by atoms with Crippen LogP contribution in [-0.4, -0.2) is 49.7 Å². The summed E-state index contributed by atoms with van der Waals surface area (Å²) >= 11 is 0. The Morgan fingerprint density at radius 2 is 1.86 bits per heavy atom. The van der Waals surface area contributed by atoms with E-state index < -0.39 is 0 Å². The van der Waals surface area contributed by atoms with Crippen LogP contribution >= 0.6 is 24.0 Å². The second-order valence-corrected chi connectivity index (χ2v) is 8.91. The number of guanidine groups is 1. The number of nitrogens with one attached hydrogen (secondary N) is 2. The molecule has 0 aromatic heterocycles. The van der Waals surface area contributed by atoms with E-state index in [2.05, 4.69) is 58.6 Å². The third-order valence-corrected chi connectivity index (χ3v) is 6.70. The van der Waals surface area contributed by atoms with Crippen molar-refractivity contribution in [3.63, 3.8) is 0 Å². The summed E-state index contributed by atoms with van der Waals surface area (Å²) in [6.45, 7) is 9.85. The second kappa shape index (κ2) is 9.30. The van der Waals surface area contributed by atoms with E-state index >= 15 is 0 Å². The summed E-state index contributed by atoms with van der Waals surface area (Å²) in [6.07, 6.45) is 4.25. The Balaban J connectivity index is 0.00000225. The molecular weight excluding hydrogens is 463 g/mol. The third kappa shape index (κ3) is 4.49. The zero-order valence-corrected chi connectivity index (χ0v) is 19.7. The minimum absolute atomic E-state index is 0. The Bertz CT molecular complexity index is 670. The second-order valence-electron chi connectivity index (χ2n) is 8.91. The van der Waals surface area contributed by atoms with Gasteiger partial charge in [0.05, 0.1) is 6.10 Å². The fourth-order valence-corrected chi connectivity index (χ4v) is 5.11. The first kappa shape index (κ1) is 21.8. The highest BCUT2D eigenvalue weighted by Gasteiger charge is 2.59. The summed E-state index contributed by atoms with van der Waals surface area (Å²) in [7, 11) is 1.85. The van der Waals surface area contributed by atoms with Crippen molar-refractivity contribution in [1.82, 2.24) is 15.5 Å². The molecule has 3 unspecified atom stereocenters. The van der Waals surface area contributed by atoms with Gasteiger partial charge in [-0.15, -0.1) is 24.0 Å². The molecule has 0 radical (unpaired) electrons. The maximum absolute atomic E-state index is 5.90. The quantitative estimate of drug-likeness (QED) is 0.372. The summed E-state index contributed by atoms with van der Waals surface area (Å²) in [5.74, 6) is 1.50. The largest absolute Gasteiger partial charge is 0.377 e. The number of nitrogens with zero attached hydrogens (tertiary/aromatic N) is 2. The molecule has 3 fully saturated rings. The van der Waals surface area contributed by atoms with E-state index in [-0.39, 0.29) is 29.4 Å². The number of fused-ring (bicyclic) bond motifs is 1. The highest BCUT2D eigenvalue weighted by molar-refractivity contribution is 14.0. The van der Waals surface area contributed by atoms with E-state index in [1.807, 2.05) is 7.05 Å².